The summed E-state index contributed by atoms with van der Waals surface area (Å²) >= 11 is 0. The van der Waals surface area contributed by atoms with Crippen LogP contribution in [0.2, 0.25) is 0 Å². The van der Waals surface area contributed by atoms with Crippen LogP contribution in [-0.2, 0) is 24.3 Å². The van der Waals surface area contributed by atoms with Gasteiger partial charge in [-0.25, -0.2) is 12.7 Å². The summed E-state index contributed by atoms with van der Waals surface area (Å²) in [4.78, 5) is 23.8. The Morgan fingerprint density at radius 1 is 1.22 bits per heavy atom. The number of ether oxygens (including phenoxy) is 1. The Balaban J connectivity index is 2.00. The van der Waals surface area contributed by atoms with Gasteiger partial charge >= 0.3 is 5.97 Å². The summed E-state index contributed by atoms with van der Waals surface area (Å²) in [5.74, 6) is -1.69. The highest BCUT2D eigenvalue weighted by Crippen LogP contribution is 2.24. The fraction of sp³-hybridized carbons (Fsp3) is 0.467. The van der Waals surface area contributed by atoms with Crippen LogP contribution in [0.5, 0.6) is 0 Å². The van der Waals surface area contributed by atoms with Crippen molar-refractivity contribution in [2.75, 3.05) is 19.3 Å². The van der Waals surface area contributed by atoms with Crippen molar-refractivity contribution in [2.24, 2.45) is 11.7 Å². The number of hydrogen-bond donors (Lipinski definition) is 1. The van der Waals surface area contributed by atoms with Gasteiger partial charge in [0.05, 0.1) is 12.2 Å². The molecular weight excluding hydrogens is 320 g/mol. The van der Waals surface area contributed by atoms with Crippen LogP contribution in [0.1, 0.15) is 24.5 Å². The van der Waals surface area contributed by atoms with Crippen LogP contribution < -0.4 is 5.73 Å². The van der Waals surface area contributed by atoms with Crippen LogP contribution in [0, 0.1) is 5.92 Å². The Morgan fingerprint density at radius 2 is 1.78 bits per heavy atom. The molecule has 0 bridgehead atoms. The van der Waals surface area contributed by atoms with E-state index in [1.54, 1.807) is 30.3 Å². The van der Waals surface area contributed by atoms with Crippen LogP contribution in [0.3, 0.4) is 0 Å². The van der Waals surface area contributed by atoms with E-state index in [4.69, 9.17) is 10.5 Å². The first kappa shape index (κ1) is 17.4. The molecule has 7 nitrogen and oxygen atoms in total. The quantitative estimate of drug-likeness (QED) is 0.782. The second kappa shape index (κ2) is 7.10. The third-order valence-electron chi connectivity index (χ3n) is 3.85. The lowest BCUT2D eigenvalue weighted by Crippen LogP contribution is -2.40. The van der Waals surface area contributed by atoms with Gasteiger partial charge in [0.15, 0.2) is 0 Å². The summed E-state index contributed by atoms with van der Waals surface area (Å²) in [6.07, 6.45) is 0.749. The first-order valence-electron chi connectivity index (χ1n) is 7.29. The van der Waals surface area contributed by atoms with E-state index >= 15 is 0 Å². The highest BCUT2D eigenvalue weighted by atomic mass is 32.2. The topological polar surface area (TPSA) is 107 Å². The lowest BCUT2D eigenvalue weighted by atomic mass is 9.98. The molecule has 0 aromatic heterocycles. The molecule has 1 aromatic rings. The first-order chi connectivity index (χ1) is 10.8. The molecule has 0 saturated carbocycles. The highest BCUT2D eigenvalue weighted by molar-refractivity contribution is 7.88. The van der Waals surface area contributed by atoms with E-state index in [9.17, 15) is 18.0 Å². The van der Waals surface area contributed by atoms with Gasteiger partial charge in [-0.3, -0.25) is 9.59 Å². The number of carbonyl (C=O) groups excluding carboxylic acids is 2. The molecule has 0 spiro atoms. The highest BCUT2D eigenvalue weighted by Gasteiger charge is 2.32. The van der Waals surface area contributed by atoms with Gasteiger partial charge in [0.2, 0.25) is 16.1 Å². The van der Waals surface area contributed by atoms with Crippen LogP contribution in [0.4, 0.5) is 0 Å². The normalized spacial score (nSPS) is 18.3. The van der Waals surface area contributed by atoms with Crippen LogP contribution in [0.15, 0.2) is 30.3 Å². The average Bonchev–Trinajstić information content (AvgIpc) is 2.52. The van der Waals surface area contributed by atoms with E-state index in [-0.39, 0.29) is 13.1 Å². The Kier molecular flexibility index (Phi) is 5.38. The number of nitrogens with two attached hydrogens (primary N) is 1. The Labute approximate surface area is 135 Å². The monoisotopic (exact) mass is 340 g/mol. The minimum absolute atomic E-state index is 0.269. The van der Waals surface area contributed by atoms with E-state index in [2.05, 4.69) is 0 Å². The SMILES string of the molecule is CS(=O)(=O)N1CCC(C(=O)O[C@H](C(N)=O)c2ccccc2)CC1. The molecule has 1 saturated heterocycles. The van der Waals surface area contributed by atoms with Crippen molar-refractivity contribution in [3.05, 3.63) is 35.9 Å². The number of benzene rings is 1. The standard InChI is InChI=1S/C15H20N2O5S/c1-23(20,21)17-9-7-12(8-10-17)15(19)22-13(14(16)18)11-5-3-2-4-6-11/h2-6,12-13H,7-10H2,1H3,(H2,16,18)/t13-/m0/s1. The van der Waals surface area contributed by atoms with Crippen molar-refractivity contribution in [1.82, 2.24) is 4.31 Å². The molecule has 0 unspecified atom stereocenters. The van der Waals surface area contributed by atoms with Crippen molar-refractivity contribution >= 4 is 21.9 Å². The van der Waals surface area contributed by atoms with Crippen LogP contribution in [-0.4, -0.2) is 43.9 Å². The number of rotatable bonds is 5. The van der Waals surface area contributed by atoms with Crippen molar-refractivity contribution in [1.29, 1.82) is 0 Å². The largest absolute Gasteiger partial charge is 0.447 e. The number of esters is 1. The van der Waals surface area contributed by atoms with Crippen molar-refractivity contribution in [2.45, 2.75) is 18.9 Å². The number of primary amides is 1. The molecule has 2 N–H and O–H groups in total. The van der Waals surface area contributed by atoms with Gasteiger partial charge in [-0.2, -0.15) is 0 Å². The molecule has 8 heteroatoms. The second-order valence-corrected chi connectivity index (χ2v) is 7.55. The van der Waals surface area contributed by atoms with Crippen LogP contribution >= 0.6 is 0 Å². The molecule has 0 aliphatic carbocycles. The third-order valence-corrected chi connectivity index (χ3v) is 5.15. The lowest BCUT2D eigenvalue weighted by molar-refractivity contribution is -0.160. The number of nitrogens with zero attached hydrogens (tertiary/aromatic N) is 1. The number of sulfonamides is 1. The van der Waals surface area contributed by atoms with Gasteiger partial charge in [-0.1, -0.05) is 30.3 Å². The van der Waals surface area contributed by atoms with E-state index in [0.29, 0.717) is 18.4 Å². The van der Waals surface area contributed by atoms with E-state index in [1.165, 1.54) is 4.31 Å². The smallest absolute Gasteiger partial charge is 0.310 e. The van der Waals surface area contributed by atoms with Crippen molar-refractivity contribution < 1.29 is 22.7 Å². The van der Waals surface area contributed by atoms with Crippen molar-refractivity contribution in [3.8, 4) is 0 Å². The zero-order valence-electron chi connectivity index (χ0n) is 12.8. The number of hydrogen-bond acceptors (Lipinski definition) is 5. The molecule has 1 aromatic carbocycles. The first-order valence-corrected chi connectivity index (χ1v) is 9.13. The number of amides is 1. The van der Waals surface area contributed by atoms with E-state index < -0.39 is 33.9 Å². The molecule has 1 aliphatic heterocycles. The molecule has 126 valence electrons. The van der Waals surface area contributed by atoms with Gasteiger partial charge < -0.3 is 10.5 Å². The summed E-state index contributed by atoms with van der Waals surface area (Å²) in [7, 11) is -3.25. The Bertz CT molecular complexity index is 666. The molecule has 1 amide bonds. The molecule has 1 aliphatic rings. The van der Waals surface area contributed by atoms with E-state index in [0.717, 1.165) is 6.26 Å². The zero-order valence-corrected chi connectivity index (χ0v) is 13.7. The van der Waals surface area contributed by atoms with Gasteiger partial charge in [-0.15, -0.1) is 0 Å². The Morgan fingerprint density at radius 3 is 2.26 bits per heavy atom. The van der Waals surface area contributed by atoms with E-state index in [1.807, 2.05) is 0 Å². The third kappa shape index (κ3) is 4.52. The van der Waals surface area contributed by atoms with Crippen LogP contribution in [0.25, 0.3) is 0 Å². The lowest BCUT2D eigenvalue weighted by Gasteiger charge is -2.29. The Hall–Kier alpha value is -1.93. The average molecular weight is 340 g/mol. The number of carbonyl (C=O) groups is 2. The molecule has 1 fully saturated rings. The molecular formula is C15H20N2O5S. The molecule has 0 radical (unpaired) electrons. The zero-order chi connectivity index (χ0) is 17.0. The number of piperidine rings is 1. The minimum atomic E-state index is -3.25. The maximum Gasteiger partial charge on any atom is 0.310 e. The molecule has 2 rings (SSSR count). The maximum absolute atomic E-state index is 12.2. The molecule has 1 heterocycles. The fourth-order valence-corrected chi connectivity index (χ4v) is 3.43. The fourth-order valence-electron chi connectivity index (χ4n) is 2.55. The van der Waals surface area contributed by atoms with Gasteiger partial charge in [0.1, 0.15) is 0 Å². The van der Waals surface area contributed by atoms with Gasteiger partial charge in [-0.05, 0) is 12.8 Å². The van der Waals surface area contributed by atoms with Crippen molar-refractivity contribution in [3.63, 3.8) is 0 Å². The summed E-state index contributed by atoms with van der Waals surface area (Å²) < 4.78 is 29.5. The summed E-state index contributed by atoms with van der Waals surface area (Å²) in [6.45, 7) is 0.538. The summed E-state index contributed by atoms with van der Waals surface area (Å²) in [6, 6.07) is 8.56. The maximum atomic E-state index is 12.2. The minimum Gasteiger partial charge on any atom is -0.447 e. The second-order valence-electron chi connectivity index (χ2n) is 5.57. The predicted octanol–water partition coefficient (Wildman–Crippen LogP) is 0.428. The predicted molar refractivity (Wildman–Crippen MR) is 83.6 cm³/mol. The molecule has 23 heavy (non-hydrogen) atoms. The summed E-state index contributed by atoms with van der Waals surface area (Å²) in [5, 5.41) is 0. The summed E-state index contributed by atoms with van der Waals surface area (Å²) in [5.41, 5.74) is 5.84. The van der Waals surface area contributed by atoms with Gasteiger partial charge in [0, 0.05) is 18.7 Å². The molecule has 1 atom stereocenters. The van der Waals surface area contributed by atoms with Gasteiger partial charge in [0.25, 0.3) is 5.91 Å².